The Labute approximate surface area is 221 Å². The Balaban J connectivity index is 2.06. The Morgan fingerprint density at radius 3 is 1.92 bits per heavy atom. The van der Waals surface area contributed by atoms with Crippen LogP contribution in [0.3, 0.4) is 0 Å². The van der Waals surface area contributed by atoms with Crippen molar-refractivity contribution in [3.05, 3.63) is 94.0 Å². The van der Waals surface area contributed by atoms with E-state index in [9.17, 15) is 19.5 Å². The number of fused-ring (bicyclic) bond motifs is 1. The largest absolute Gasteiger partial charge is 0.497 e. The van der Waals surface area contributed by atoms with Crippen molar-refractivity contribution in [1.29, 1.82) is 0 Å². The van der Waals surface area contributed by atoms with Gasteiger partial charge in [0.15, 0.2) is 0 Å². The Bertz CT molecular complexity index is 1570. The van der Waals surface area contributed by atoms with E-state index in [1.165, 1.54) is 20.1 Å². The molecule has 0 radical (unpaired) electrons. The average Bonchev–Trinajstić information content (AvgIpc) is 2.87. The summed E-state index contributed by atoms with van der Waals surface area (Å²) in [5.74, 6) is -1.98. The molecule has 7 nitrogen and oxygen atoms in total. The highest BCUT2D eigenvalue weighted by molar-refractivity contribution is 6.26. The number of nitrogens with one attached hydrogen (secondary N) is 1. The molecule has 0 atom stereocenters. The molecule has 0 saturated heterocycles. The van der Waals surface area contributed by atoms with E-state index in [0.717, 1.165) is 32.8 Å². The van der Waals surface area contributed by atoms with Gasteiger partial charge in [0.1, 0.15) is 5.75 Å². The molecule has 4 aromatic carbocycles. The maximum absolute atomic E-state index is 14.1. The summed E-state index contributed by atoms with van der Waals surface area (Å²) in [6.07, 6.45) is 0. The van der Waals surface area contributed by atoms with Crippen LogP contribution in [0.15, 0.2) is 60.7 Å². The molecule has 38 heavy (non-hydrogen) atoms. The van der Waals surface area contributed by atoms with Crippen LogP contribution in [0.4, 0.5) is 17.1 Å². The van der Waals surface area contributed by atoms with Crippen molar-refractivity contribution in [3.63, 3.8) is 0 Å². The van der Waals surface area contributed by atoms with Gasteiger partial charge in [0.2, 0.25) is 5.91 Å². The molecule has 0 heterocycles. The SMILES string of the molecule is COc1ccc2cc(C(=O)N(C(C)=O)c3c(C)cccc3C)c(C(=O)O)c(Nc3c(C)cccc3C)c2c1. The fourth-order valence-corrected chi connectivity index (χ4v) is 4.84. The predicted molar refractivity (Wildman–Crippen MR) is 150 cm³/mol. The quantitative estimate of drug-likeness (QED) is 0.299. The zero-order chi connectivity index (χ0) is 27.7. The number of para-hydroxylation sites is 2. The Kier molecular flexibility index (Phi) is 7.21. The molecule has 0 aliphatic heterocycles. The second-order valence-corrected chi connectivity index (χ2v) is 9.36. The fourth-order valence-electron chi connectivity index (χ4n) is 4.84. The fraction of sp³-hybridized carbons (Fsp3) is 0.194. The van der Waals surface area contributed by atoms with Crippen LogP contribution in [0.5, 0.6) is 5.75 Å². The highest BCUT2D eigenvalue weighted by Crippen LogP contribution is 2.38. The number of aromatic carboxylic acids is 1. The van der Waals surface area contributed by atoms with E-state index >= 15 is 0 Å². The van der Waals surface area contributed by atoms with Gasteiger partial charge >= 0.3 is 5.97 Å². The van der Waals surface area contributed by atoms with Crippen LogP contribution < -0.4 is 15.0 Å². The number of imide groups is 1. The van der Waals surface area contributed by atoms with Crippen LogP contribution in [-0.2, 0) is 4.79 Å². The maximum Gasteiger partial charge on any atom is 0.338 e. The number of ether oxygens (including phenoxy) is 1. The van der Waals surface area contributed by atoms with Gasteiger partial charge in [-0.05, 0) is 73.5 Å². The van der Waals surface area contributed by atoms with E-state index in [0.29, 0.717) is 22.2 Å². The topological polar surface area (TPSA) is 95.9 Å². The van der Waals surface area contributed by atoms with Crippen LogP contribution >= 0.6 is 0 Å². The Hall–Kier alpha value is -4.65. The van der Waals surface area contributed by atoms with Gasteiger partial charge in [-0.1, -0.05) is 42.5 Å². The van der Waals surface area contributed by atoms with Crippen LogP contribution in [-0.4, -0.2) is 30.0 Å². The molecular formula is C31H30N2O5. The molecule has 0 spiro atoms. The number of amides is 2. The number of hydrogen-bond acceptors (Lipinski definition) is 5. The van der Waals surface area contributed by atoms with Crippen LogP contribution in [0.1, 0.15) is 49.9 Å². The Morgan fingerprint density at radius 2 is 1.39 bits per heavy atom. The number of carboxylic acid groups (broad SMARTS) is 1. The lowest BCUT2D eigenvalue weighted by Crippen LogP contribution is -2.37. The number of benzene rings is 4. The monoisotopic (exact) mass is 510 g/mol. The summed E-state index contributed by atoms with van der Waals surface area (Å²) >= 11 is 0. The first-order chi connectivity index (χ1) is 18.0. The molecule has 4 aromatic rings. The van der Waals surface area contributed by atoms with Gasteiger partial charge in [-0.3, -0.25) is 9.59 Å². The first-order valence-electron chi connectivity index (χ1n) is 12.2. The molecule has 0 saturated carbocycles. The molecule has 0 fully saturated rings. The molecule has 0 aliphatic carbocycles. The average molecular weight is 511 g/mol. The van der Waals surface area contributed by atoms with E-state index in [1.54, 1.807) is 18.2 Å². The van der Waals surface area contributed by atoms with E-state index in [2.05, 4.69) is 5.32 Å². The Morgan fingerprint density at radius 1 is 0.816 bits per heavy atom. The first-order valence-corrected chi connectivity index (χ1v) is 12.2. The summed E-state index contributed by atoms with van der Waals surface area (Å²) in [4.78, 5) is 40.9. The number of nitrogens with zero attached hydrogens (tertiary/aromatic N) is 1. The number of carbonyl (C=O) groups excluding carboxylic acids is 2. The second-order valence-electron chi connectivity index (χ2n) is 9.36. The van der Waals surface area contributed by atoms with Crippen molar-refractivity contribution < 1.29 is 24.2 Å². The van der Waals surface area contributed by atoms with Gasteiger partial charge in [-0.25, -0.2) is 9.69 Å². The summed E-state index contributed by atoms with van der Waals surface area (Å²) in [6, 6.07) is 18.0. The van der Waals surface area contributed by atoms with Crippen molar-refractivity contribution in [3.8, 4) is 5.75 Å². The number of hydrogen-bond donors (Lipinski definition) is 2. The zero-order valence-corrected chi connectivity index (χ0v) is 22.3. The lowest BCUT2D eigenvalue weighted by Gasteiger charge is -2.25. The summed E-state index contributed by atoms with van der Waals surface area (Å²) in [6.45, 7) is 8.76. The third-order valence-electron chi connectivity index (χ3n) is 6.71. The minimum atomic E-state index is -1.29. The molecule has 7 heteroatoms. The summed E-state index contributed by atoms with van der Waals surface area (Å²) in [5.41, 5.74) is 4.39. The number of methoxy groups -OCH3 is 1. The minimum absolute atomic E-state index is 0.0956. The number of rotatable bonds is 6. The number of carbonyl (C=O) groups is 3. The summed E-state index contributed by atoms with van der Waals surface area (Å²) in [7, 11) is 1.53. The molecular weight excluding hydrogens is 480 g/mol. The second kappa shape index (κ2) is 10.4. The van der Waals surface area contributed by atoms with Gasteiger partial charge < -0.3 is 15.2 Å². The smallest absolute Gasteiger partial charge is 0.338 e. The van der Waals surface area contributed by atoms with Crippen LogP contribution in [0.2, 0.25) is 0 Å². The first kappa shape index (κ1) is 26.4. The van der Waals surface area contributed by atoms with Crippen LogP contribution in [0.25, 0.3) is 10.8 Å². The van der Waals surface area contributed by atoms with Crippen molar-refractivity contribution >= 4 is 45.6 Å². The molecule has 2 N–H and O–H groups in total. The van der Waals surface area contributed by atoms with E-state index in [1.807, 2.05) is 64.1 Å². The van der Waals surface area contributed by atoms with Crippen molar-refractivity contribution in [2.24, 2.45) is 0 Å². The van der Waals surface area contributed by atoms with Crippen molar-refractivity contribution in [1.82, 2.24) is 0 Å². The molecule has 0 bridgehead atoms. The van der Waals surface area contributed by atoms with Gasteiger partial charge in [-0.2, -0.15) is 0 Å². The molecule has 2 amide bonds. The number of anilines is 3. The standard InChI is InChI=1S/C31H30N2O5/c1-17-9-7-10-18(2)27(17)32-28-24-16-23(38-6)14-13-22(24)15-25(26(28)31(36)37)30(35)33(21(5)34)29-19(3)11-8-12-20(29)4/h7-16,32H,1-6H3,(H,36,37). The van der Waals surface area contributed by atoms with Crippen LogP contribution in [0, 0.1) is 27.7 Å². The van der Waals surface area contributed by atoms with Gasteiger partial charge in [0.05, 0.1) is 29.6 Å². The van der Waals surface area contributed by atoms with Crippen molar-refractivity contribution in [2.75, 3.05) is 17.3 Å². The summed E-state index contributed by atoms with van der Waals surface area (Å²) in [5, 5.41) is 15.0. The van der Waals surface area contributed by atoms with E-state index in [4.69, 9.17) is 4.74 Å². The van der Waals surface area contributed by atoms with E-state index in [-0.39, 0.29) is 16.8 Å². The van der Waals surface area contributed by atoms with Gasteiger partial charge in [0.25, 0.3) is 5.91 Å². The zero-order valence-electron chi connectivity index (χ0n) is 22.3. The van der Waals surface area contributed by atoms with E-state index < -0.39 is 17.8 Å². The third kappa shape index (κ3) is 4.70. The molecule has 4 rings (SSSR count). The lowest BCUT2D eigenvalue weighted by atomic mass is 9.95. The van der Waals surface area contributed by atoms with Gasteiger partial charge in [0, 0.05) is 18.0 Å². The normalized spacial score (nSPS) is 10.8. The number of carboxylic acids is 1. The molecule has 0 aromatic heterocycles. The number of aryl methyl sites for hydroxylation is 4. The molecule has 0 aliphatic rings. The van der Waals surface area contributed by atoms with Gasteiger partial charge in [-0.15, -0.1) is 0 Å². The highest BCUT2D eigenvalue weighted by atomic mass is 16.5. The minimum Gasteiger partial charge on any atom is -0.497 e. The lowest BCUT2D eigenvalue weighted by molar-refractivity contribution is -0.116. The predicted octanol–water partition coefficient (Wildman–Crippen LogP) is 6.72. The highest BCUT2D eigenvalue weighted by Gasteiger charge is 2.31. The maximum atomic E-state index is 14.1. The molecule has 194 valence electrons. The summed E-state index contributed by atoms with van der Waals surface area (Å²) < 4.78 is 5.41. The third-order valence-corrected chi connectivity index (χ3v) is 6.71. The van der Waals surface area contributed by atoms with Crippen molar-refractivity contribution in [2.45, 2.75) is 34.6 Å². The molecule has 0 unspecified atom stereocenters.